The lowest BCUT2D eigenvalue weighted by Crippen LogP contribution is -2.35. The van der Waals surface area contributed by atoms with Crippen molar-refractivity contribution in [2.24, 2.45) is 5.92 Å². The summed E-state index contributed by atoms with van der Waals surface area (Å²) in [5.41, 5.74) is 0.463. The molecule has 3 heteroatoms. The number of aliphatic hydroxyl groups is 1. The van der Waals surface area contributed by atoms with Crippen LogP contribution in [0.5, 0.6) is 0 Å². The summed E-state index contributed by atoms with van der Waals surface area (Å²) in [5.74, 6) is 0.187. The molecule has 0 aromatic carbocycles. The largest absolute Gasteiger partial charge is 0.376 e. The molecule has 70 valence electrons. The van der Waals surface area contributed by atoms with E-state index >= 15 is 0 Å². The third kappa shape index (κ3) is 3.53. The van der Waals surface area contributed by atoms with Gasteiger partial charge in [0.15, 0.2) is 0 Å². The Morgan fingerprint density at radius 2 is 2.08 bits per heavy atom. The van der Waals surface area contributed by atoms with Crippen LogP contribution >= 0.6 is 0 Å². The zero-order valence-electron chi connectivity index (χ0n) is 8.00. The predicted molar refractivity (Wildman–Crippen MR) is 48.5 cm³/mol. The first-order valence-electron chi connectivity index (χ1n) is 4.04. The topological polar surface area (TPSA) is 40.5 Å². The molecule has 0 aliphatic heterocycles. The number of aliphatic hydroxyl groups excluding tert-OH is 1. The zero-order chi connectivity index (χ0) is 9.72. The predicted octanol–water partition coefficient (Wildman–Crippen LogP) is 0.997. The van der Waals surface area contributed by atoms with Gasteiger partial charge in [0, 0.05) is 12.1 Å². The maximum Gasteiger partial charge on any atom is 0.250 e. The first-order valence-corrected chi connectivity index (χ1v) is 4.04. The standard InChI is InChI=1S/C9H17NO2/c1-7(2)5-10(6-11)9(12)8(3)4/h7,11H,3,5-6H2,1-2,4H3. The summed E-state index contributed by atoms with van der Waals surface area (Å²) in [4.78, 5) is 12.7. The molecule has 12 heavy (non-hydrogen) atoms. The summed E-state index contributed by atoms with van der Waals surface area (Å²) in [5, 5.41) is 8.86. The molecule has 0 radical (unpaired) electrons. The minimum absolute atomic E-state index is 0.175. The van der Waals surface area contributed by atoms with E-state index in [0.717, 1.165) is 0 Å². The Kier molecular flexibility index (Phi) is 4.59. The molecule has 1 amide bonds. The fourth-order valence-corrected chi connectivity index (χ4v) is 0.916. The lowest BCUT2D eigenvalue weighted by atomic mass is 10.2. The Hall–Kier alpha value is -0.830. The Labute approximate surface area is 73.7 Å². The summed E-state index contributed by atoms with van der Waals surface area (Å²) >= 11 is 0. The number of nitrogens with zero attached hydrogens (tertiary/aromatic N) is 1. The van der Waals surface area contributed by atoms with Crippen molar-refractivity contribution in [2.45, 2.75) is 20.8 Å². The normalized spacial score (nSPS) is 10.1. The molecule has 0 bridgehead atoms. The quantitative estimate of drug-likeness (QED) is 0.506. The van der Waals surface area contributed by atoms with E-state index in [2.05, 4.69) is 6.58 Å². The molecule has 0 aromatic rings. The van der Waals surface area contributed by atoms with E-state index in [4.69, 9.17) is 5.11 Å². The lowest BCUT2D eigenvalue weighted by molar-refractivity contribution is -0.131. The SMILES string of the molecule is C=C(C)C(=O)N(CO)CC(C)C. The van der Waals surface area contributed by atoms with E-state index in [0.29, 0.717) is 18.0 Å². The number of carbonyl (C=O) groups is 1. The summed E-state index contributed by atoms with van der Waals surface area (Å²) in [6, 6.07) is 0. The van der Waals surface area contributed by atoms with Gasteiger partial charge in [0.25, 0.3) is 5.91 Å². The van der Waals surface area contributed by atoms with Gasteiger partial charge in [-0.2, -0.15) is 0 Å². The van der Waals surface area contributed by atoms with Gasteiger partial charge in [-0.15, -0.1) is 0 Å². The van der Waals surface area contributed by atoms with Gasteiger partial charge in [-0.25, -0.2) is 0 Å². The molecule has 1 N–H and O–H groups in total. The average Bonchev–Trinajstić information content (AvgIpc) is 1.98. The van der Waals surface area contributed by atoms with Crippen LogP contribution in [0.3, 0.4) is 0 Å². The van der Waals surface area contributed by atoms with Crippen LogP contribution in [0.2, 0.25) is 0 Å². The van der Waals surface area contributed by atoms with Gasteiger partial charge in [-0.3, -0.25) is 4.79 Å². The molecule has 0 heterocycles. The van der Waals surface area contributed by atoms with Crippen LogP contribution in [0.25, 0.3) is 0 Å². The minimum atomic E-state index is -0.232. The van der Waals surface area contributed by atoms with E-state index in [1.807, 2.05) is 13.8 Å². The molecule has 0 atom stereocenters. The summed E-state index contributed by atoms with van der Waals surface area (Å²) in [7, 11) is 0. The van der Waals surface area contributed by atoms with Gasteiger partial charge < -0.3 is 10.0 Å². The molecule has 0 aliphatic rings. The Balaban J connectivity index is 4.15. The molecule has 0 aromatic heterocycles. The number of rotatable bonds is 4. The highest BCUT2D eigenvalue weighted by atomic mass is 16.3. The second-order valence-corrected chi connectivity index (χ2v) is 3.34. The van der Waals surface area contributed by atoms with Crippen LogP contribution in [0.4, 0.5) is 0 Å². The van der Waals surface area contributed by atoms with Crippen LogP contribution in [0, 0.1) is 5.92 Å². The first-order chi connectivity index (χ1) is 5.49. The van der Waals surface area contributed by atoms with Crippen molar-refractivity contribution < 1.29 is 9.90 Å². The molecular formula is C9H17NO2. The fourth-order valence-electron chi connectivity index (χ4n) is 0.916. The van der Waals surface area contributed by atoms with Crippen LogP contribution in [0.1, 0.15) is 20.8 Å². The van der Waals surface area contributed by atoms with Crippen molar-refractivity contribution >= 4 is 5.91 Å². The van der Waals surface area contributed by atoms with E-state index in [-0.39, 0.29) is 12.6 Å². The lowest BCUT2D eigenvalue weighted by Gasteiger charge is -2.21. The molecule has 0 unspecified atom stereocenters. The van der Waals surface area contributed by atoms with Crippen molar-refractivity contribution in [2.75, 3.05) is 13.3 Å². The Bertz CT molecular complexity index is 175. The maximum atomic E-state index is 11.3. The Morgan fingerprint density at radius 3 is 2.33 bits per heavy atom. The maximum absolute atomic E-state index is 11.3. The molecule has 0 aliphatic carbocycles. The summed E-state index contributed by atoms with van der Waals surface area (Å²) in [6.07, 6.45) is 0. The minimum Gasteiger partial charge on any atom is -0.376 e. The van der Waals surface area contributed by atoms with Gasteiger partial charge >= 0.3 is 0 Å². The monoisotopic (exact) mass is 171 g/mol. The zero-order valence-corrected chi connectivity index (χ0v) is 8.00. The molecule has 0 rings (SSSR count). The van der Waals surface area contributed by atoms with Crippen molar-refractivity contribution in [1.29, 1.82) is 0 Å². The number of carbonyl (C=O) groups excluding carboxylic acids is 1. The van der Waals surface area contributed by atoms with Gasteiger partial charge in [0.1, 0.15) is 6.73 Å². The van der Waals surface area contributed by atoms with E-state index < -0.39 is 0 Å². The molecule has 0 spiro atoms. The molecular weight excluding hydrogens is 154 g/mol. The second kappa shape index (κ2) is 4.93. The highest BCUT2D eigenvalue weighted by Crippen LogP contribution is 2.02. The Morgan fingerprint density at radius 1 is 1.58 bits per heavy atom. The highest BCUT2D eigenvalue weighted by Gasteiger charge is 2.13. The third-order valence-corrected chi connectivity index (χ3v) is 1.41. The van der Waals surface area contributed by atoms with Crippen molar-refractivity contribution in [3.05, 3.63) is 12.2 Å². The van der Waals surface area contributed by atoms with Crippen molar-refractivity contribution in [3.8, 4) is 0 Å². The van der Waals surface area contributed by atoms with Gasteiger partial charge in [-0.05, 0) is 12.8 Å². The van der Waals surface area contributed by atoms with E-state index in [1.165, 1.54) is 4.90 Å². The number of amides is 1. The molecule has 0 saturated carbocycles. The number of hydrogen-bond donors (Lipinski definition) is 1. The van der Waals surface area contributed by atoms with Crippen LogP contribution in [-0.2, 0) is 4.79 Å². The highest BCUT2D eigenvalue weighted by molar-refractivity contribution is 5.92. The van der Waals surface area contributed by atoms with Gasteiger partial charge in [-0.1, -0.05) is 20.4 Å². The molecule has 3 nitrogen and oxygen atoms in total. The van der Waals surface area contributed by atoms with Gasteiger partial charge in [0.05, 0.1) is 0 Å². The van der Waals surface area contributed by atoms with E-state index in [1.54, 1.807) is 6.92 Å². The summed E-state index contributed by atoms with van der Waals surface area (Å²) in [6.45, 7) is 9.50. The average molecular weight is 171 g/mol. The van der Waals surface area contributed by atoms with Gasteiger partial charge in [0.2, 0.25) is 0 Å². The number of hydrogen-bond acceptors (Lipinski definition) is 2. The summed E-state index contributed by atoms with van der Waals surface area (Å²) < 4.78 is 0. The molecule has 0 fully saturated rings. The van der Waals surface area contributed by atoms with Crippen molar-refractivity contribution in [1.82, 2.24) is 4.90 Å². The van der Waals surface area contributed by atoms with Crippen molar-refractivity contribution in [3.63, 3.8) is 0 Å². The van der Waals surface area contributed by atoms with Crippen LogP contribution in [0.15, 0.2) is 12.2 Å². The van der Waals surface area contributed by atoms with Crippen LogP contribution < -0.4 is 0 Å². The second-order valence-electron chi connectivity index (χ2n) is 3.34. The van der Waals surface area contributed by atoms with Crippen LogP contribution in [-0.4, -0.2) is 29.2 Å². The smallest absolute Gasteiger partial charge is 0.250 e. The molecule has 0 saturated heterocycles. The first kappa shape index (κ1) is 11.2. The fraction of sp³-hybridized carbons (Fsp3) is 0.667. The van der Waals surface area contributed by atoms with E-state index in [9.17, 15) is 4.79 Å². The third-order valence-electron chi connectivity index (χ3n) is 1.41.